The molecule has 1 N–H and O–H groups in total. The summed E-state index contributed by atoms with van der Waals surface area (Å²) >= 11 is 0. The Kier molecular flexibility index (Phi) is 4.35. The van der Waals surface area contributed by atoms with E-state index in [2.05, 4.69) is 21.2 Å². The molecule has 1 aromatic carbocycles. The van der Waals surface area contributed by atoms with Gasteiger partial charge in [0, 0.05) is 36.8 Å². The van der Waals surface area contributed by atoms with Gasteiger partial charge in [-0.15, -0.1) is 0 Å². The van der Waals surface area contributed by atoms with E-state index in [4.69, 9.17) is 24.1 Å². The number of fused-ring (bicyclic) bond motifs is 8. The van der Waals surface area contributed by atoms with Gasteiger partial charge in [-0.2, -0.15) is 9.97 Å². The maximum Gasteiger partial charge on any atom is 0.319 e. The van der Waals surface area contributed by atoms with E-state index in [0.29, 0.717) is 24.7 Å². The number of furan rings is 1. The number of benzene rings is 1. The summed E-state index contributed by atoms with van der Waals surface area (Å²) < 4.78 is 12.8. The molecule has 2 atom stereocenters. The lowest BCUT2D eigenvalue weighted by molar-refractivity contribution is 0.108. The van der Waals surface area contributed by atoms with Gasteiger partial charge in [-0.05, 0) is 63.7 Å². The standard InChI is InChI=1S/C27H30N6O2/c1-2-6-21-19(5-1)22-24(35-21)23-20(13-28-22)25(32-14-17-7-8-18(15-32)29-17)31-26(30-23)34-16-27-9-3-11-33(27)12-4-10-27/h1-2,5-6,13,17-18,29H,3-4,7-12,14-16H2. The number of nitrogens with zero attached hydrogens (tertiary/aromatic N) is 5. The molecule has 4 fully saturated rings. The van der Waals surface area contributed by atoms with Crippen LogP contribution in [0.15, 0.2) is 34.9 Å². The molecule has 0 aliphatic carbocycles. The first-order valence-electron chi connectivity index (χ1n) is 13.1. The molecule has 4 aliphatic rings. The van der Waals surface area contributed by atoms with E-state index in [1.807, 2.05) is 24.4 Å². The number of nitrogens with one attached hydrogen (secondary N) is 1. The molecule has 8 rings (SSSR count). The van der Waals surface area contributed by atoms with E-state index in [-0.39, 0.29) is 5.54 Å². The highest BCUT2D eigenvalue weighted by Crippen LogP contribution is 2.40. The first kappa shape index (κ1) is 20.2. The lowest BCUT2D eigenvalue weighted by Crippen LogP contribution is -2.51. The zero-order chi connectivity index (χ0) is 23.0. The van der Waals surface area contributed by atoms with E-state index in [1.54, 1.807) is 0 Å². The minimum absolute atomic E-state index is 0.152. The molecule has 0 spiro atoms. The number of hydrogen-bond acceptors (Lipinski definition) is 8. The molecular weight excluding hydrogens is 440 g/mol. The minimum Gasteiger partial charge on any atom is -0.461 e. The normalized spacial score (nSPS) is 25.8. The van der Waals surface area contributed by atoms with Crippen molar-refractivity contribution in [3.05, 3.63) is 30.5 Å². The maximum absolute atomic E-state index is 6.46. The van der Waals surface area contributed by atoms with Gasteiger partial charge >= 0.3 is 6.01 Å². The molecular formula is C27H30N6O2. The fraction of sp³-hybridized carbons (Fsp3) is 0.519. The van der Waals surface area contributed by atoms with Crippen molar-refractivity contribution in [3.8, 4) is 6.01 Å². The summed E-state index contributed by atoms with van der Waals surface area (Å²) in [6.07, 6.45) is 9.27. The smallest absolute Gasteiger partial charge is 0.319 e. The van der Waals surface area contributed by atoms with Crippen molar-refractivity contribution < 1.29 is 9.15 Å². The number of aromatic nitrogens is 3. The van der Waals surface area contributed by atoms with Gasteiger partial charge in [0.1, 0.15) is 29.0 Å². The largest absolute Gasteiger partial charge is 0.461 e. The van der Waals surface area contributed by atoms with Crippen molar-refractivity contribution in [1.82, 2.24) is 25.2 Å². The molecule has 4 saturated heterocycles. The Bertz CT molecular complexity index is 1430. The first-order chi connectivity index (χ1) is 17.3. The number of para-hydroxylation sites is 1. The summed E-state index contributed by atoms with van der Waals surface area (Å²) in [6.45, 7) is 4.90. The van der Waals surface area contributed by atoms with Crippen LogP contribution in [0.25, 0.3) is 33.0 Å². The van der Waals surface area contributed by atoms with E-state index in [0.717, 1.165) is 51.9 Å². The Morgan fingerprint density at radius 1 is 1.00 bits per heavy atom. The lowest BCUT2D eigenvalue weighted by atomic mass is 9.95. The number of piperazine rings is 1. The van der Waals surface area contributed by atoms with Crippen LogP contribution in [0.4, 0.5) is 5.82 Å². The van der Waals surface area contributed by atoms with Crippen molar-refractivity contribution in [2.75, 3.05) is 37.7 Å². The van der Waals surface area contributed by atoms with Crippen LogP contribution in [-0.4, -0.2) is 70.3 Å². The van der Waals surface area contributed by atoms with Crippen molar-refractivity contribution in [2.45, 2.75) is 56.1 Å². The van der Waals surface area contributed by atoms with Crippen molar-refractivity contribution >= 4 is 38.8 Å². The van der Waals surface area contributed by atoms with Gasteiger partial charge in [-0.1, -0.05) is 12.1 Å². The molecule has 8 heteroatoms. The predicted octanol–water partition coefficient (Wildman–Crippen LogP) is 3.87. The molecule has 7 heterocycles. The van der Waals surface area contributed by atoms with Crippen LogP contribution in [0, 0.1) is 0 Å². The molecule has 35 heavy (non-hydrogen) atoms. The molecule has 0 saturated carbocycles. The SMILES string of the molecule is c1ccc2c(c1)oc1c3nc(OCC45CCCN4CCC5)nc(N4CC5CCC(C4)N5)c3cnc21. The van der Waals surface area contributed by atoms with Crippen molar-refractivity contribution in [1.29, 1.82) is 0 Å². The van der Waals surface area contributed by atoms with Gasteiger partial charge in [0.25, 0.3) is 0 Å². The summed E-state index contributed by atoms with van der Waals surface area (Å²) in [6, 6.07) is 9.54. The second kappa shape index (κ2) is 7.51. The molecule has 3 aromatic heterocycles. The third kappa shape index (κ3) is 3.09. The number of ether oxygens (including phenoxy) is 1. The summed E-state index contributed by atoms with van der Waals surface area (Å²) in [5, 5.41) is 5.68. The topological polar surface area (TPSA) is 79.6 Å². The van der Waals surface area contributed by atoms with E-state index < -0.39 is 0 Å². The Hall–Kier alpha value is -2.97. The molecule has 4 aliphatic heterocycles. The second-order valence-electron chi connectivity index (χ2n) is 10.9. The van der Waals surface area contributed by atoms with Gasteiger partial charge in [-0.25, -0.2) is 0 Å². The van der Waals surface area contributed by atoms with Crippen LogP contribution in [-0.2, 0) is 0 Å². The van der Waals surface area contributed by atoms with Gasteiger partial charge in [0.2, 0.25) is 0 Å². The Morgan fingerprint density at radius 2 is 1.80 bits per heavy atom. The second-order valence-corrected chi connectivity index (χ2v) is 10.9. The van der Waals surface area contributed by atoms with Crippen LogP contribution < -0.4 is 15.0 Å². The summed E-state index contributed by atoms with van der Waals surface area (Å²) in [7, 11) is 0. The van der Waals surface area contributed by atoms with E-state index >= 15 is 0 Å². The maximum atomic E-state index is 6.46. The Balaban J connectivity index is 1.26. The zero-order valence-corrected chi connectivity index (χ0v) is 19.9. The monoisotopic (exact) mass is 470 g/mol. The lowest BCUT2D eigenvalue weighted by Gasteiger charge is -2.34. The minimum atomic E-state index is 0.152. The van der Waals surface area contributed by atoms with Crippen LogP contribution >= 0.6 is 0 Å². The Labute approximate surface area is 203 Å². The van der Waals surface area contributed by atoms with Gasteiger partial charge < -0.3 is 19.4 Å². The number of hydrogen-bond donors (Lipinski definition) is 1. The zero-order valence-electron chi connectivity index (χ0n) is 19.9. The van der Waals surface area contributed by atoms with Gasteiger partial charge in [-0.3, -0.25) is 9.88 Å². The average Bonchev–Trinajstić information content (AvgIpc) is 3.64. The highest BCUT2D eigenvalue weighted by Gasteiger charge is 2.45. The predicted molar refractivity (Wildman–Crippen MR) is 135 cm³/mol. The van der Waals surface area contributed by atoms with Gasteiger partial charge in [0.15, 0.2) is 5.58 Å². The summed E-state index contributed by atoms with van der Waals surface area (Å²) in [4.78, 5) is 19.8. The molecule has 4 aromatic rings. The number of rotatable bonds is 4. The highest BCUT2D eigenvalue weighted by atomic mass is 16.5. The molecule has 180 valence electrons. The highest BCUT2D eigenvalue weighted by molar-refractivity contribution is 6.13. The van der Waals surface area contributed by atoms with Crippen LogP contribution in [0.1, 0.15) is 38.5 Å². The number of pyridine rings is 1. The van der Waals surface area contributed by atoms with Crippen LogP contribution in [0.5, 0.6) is 6.01 Å². The van der Waals surface area contributed by atoms with Crippen LogP contribution in [0.3, 0.4) is 0 Å². The molecule has 2 bridgehead atoms. The summed E-state index contributed by atoms with van der Waals surface area (Å²) in [5.74, 6) is 0.922. The third-order valence-electron chi connectivity index (χ3n) is 8.81. The quantitative estimate of drug-likeness (QED) is 0.482. The number of anilines is 1. The molecule has 0 amide bonds. The average molecular weight is 471 g/mol. The van der Waals surface area contributed by atoms with E-state index in [1.165, 1.54) is 51.6 Å². The van der Waals surface area contributed by atoms with E-state index in [9.17, 15) is 0 Å². The molecule has 8 nitrogen and oxygen atoms in total. The summed E-state index contributed by atoms with van der Waals surface area (Å²) in [5.41, 5.74) is 3.35. The fourth-order valence-corrected chi connectivity index (χ4v) is 7.11. The molecule has 2 unspecified atom stereocenters. The van der Waals surface area contributed by atoms with Crippen LogP contribution in [0.2, 0.25) is 0 Å². The van der Waals surface area contributed by atoms with Crippen molar-refractivity contribution in [2.24, 2.45) is 0 Å². The van der Waals surface area contributed by atoms with Gasteiger partial charge in [0.05, 0.1) is 10.9 Å². The van der Waals surface area contributed by atoms with Crippen molar-refractivity contribution in [3.63, 3.8) is 0 Å². The fourth-order valence-electron chi connectivity index (χ4n) is 7.11. The first-order valence-corrected chi connectivity index (χ1v) is 13.1. The molecule has 0 radical (unpaired) electrons. The third-order valence-corrected chi connectivity index (χ3v) is 8.81. The Morgan fingerprint density at radius 3 is 2.63 bits per heavy atom.